The van der Waals surface area contributed by atoms with Gasteiger partial charge in [-0.25, -0.2) is 9.07 Å². The first kappa shape index (κ1) is 13.4. The van der Waals surface area contributed by atoms with Gasteiger partial charge in [0.15, 0.2) is 0 Å². The average Bonchev–Trinajstić information content (AvgIpc) is 3.03. The highest BCUT2D eigenvalue weighted by molar-refractivity contribution is 5.46. The van der Waals surface area contributed by atoms with Crippen molar-refractivity contribution in [3.05, 3.63) is 77.9 Å². The van der Waals surface area contributed by atoms with E-state index in [9.17, 15) is 4.39 Å². The van der Waals surface area contributed by atoms with Crippen LogP contribution in [0.5, 0.6) is 0 Å². The Balaban J connectivity index is 1.66. The van der Waals surface area contributed by atoms with Crippen molar-refractivity contribution in [3.8, 4) is 5.69 Å². The van der Waals surface area contributed by atoms with Gasteiger partial charge < -0.3 is 5.32 Å². The molecule has 21 heavy (non-hydrogen) atoms. The Kier molecular flexibility index (Phi) is 3.69. The van der Waals surface area contributed by atoms with Gasteiger partial charge in [0.05, 0.1) is 5.69 Å². The lowest BCUT2D eigenvalue weighted by Gasteiger charge is -2.09. The molecule has 3 aromatic rings. The number of nitrogens with zero attached hydrogens (tertiary/aromatic N) is 2. The van der Waals surface area contributed by atoms with Gasteiger partial charge in [0.1, 0.15) is 5.82 Å². The fraction of sp³-hybridized carbons (Fsp3) is 0.118. The summed E-state index contributed by atoms with van der Waals surface area (Å²) in [7, 11) is 0. The van der Waals surface area contributed by atoms with Crippen molar-refractivity contribution in [3.63, 3.8) is 0 Å². The highest BCUT2D eigenvalue weighted by Crippen LogP contribution is 2.15. The van der Waals surface area contributed by atoms with Gasteiger partial charge in [-0.15, -0.1) is 0 Å². The van der Waals surface area contributed by atoms with Crippen LogP contribution in [0, 0.1) is 12.7 Å². The lowest BCUT2D eigenvalue weighted by Crippen LogP contribution is -2.01. The van der Waals surface area contributed by atoms with Crippen LogP contribution in [0.15, 0.2) is 60.9 Å². The third kappa shape index (κ3) is 3.11. The molecule has 0 unspecified atom stereocenters. The zero-order valence-electron chi connectivity index (χ0n) is 11.8. The molecule has 4 heteroatoms. The van der Waals surface area contributed by atoms with E-state index in [4.69, 9.17) is 0 Å². The second kappa shape index (κ2) is 5.79. The molecule has 0 spiro atoms. The number of halogens is 1. The SMILES string of the molecule is Cc1cc(NCc2ccc(-n3cccn3)cc2)ccc1F. The molecule has 1 heterocycles. The van der Waals surface area contributed by atoms with Crippen LogP contribution < -0.4 is 5.32 Å². The van der Waals surface area contributed by atoms with Crippen LogP contribution >= 0.6 is 0 Å². The number of anilines is 1. The first-order valence-electron chi connectivity index (χ1n) is 6.81. The van der Waals surface area contributed by atoms with Crippen molar-refractivity contribution in [1.29, 1.82) is 0 Å². The first-order valence-corrected chi connectivity index (χ1v) is 6.81. The molecule has 3 rings (SSSR count). The number of nitrogens with one attached hydrogen (secondary N) is 1. The summed E-state index contributed by atoms with van der Waals surface area (Å²) < 4.78 is 15.0. The summed E-state index contributed by atoms with van der Waals surface area (Å²) in [6, 6.07) is 15.1. The van der Waals surface area contributed by atoms with Gasteiger partial charge >= 0.3 is 0 Å². The lowest BCUT2D eigenvalue weighted by molar-refractivity contribution is 0.618. The maximum atomic E-state index is 13.2. The Hall–Kier alpha value is -2.62. The summed E-state index contributed by atoms with van der Waals surface area (Å²) in [6.07, 6.45) is 3.67. The molecular formula is C17H16FN3. The molecule has 3 nitrogen and oxygen atoms in total. The number of rotatable bonds is 4. The second-order valence-corrected chi connectivity index (χ2v) is 4.93. The zero-order valence-corrected chi connectivity index (χ0v) is 11.8. The van der Waals surface area contributed by atoms with Crippen molar-refractivity contribution in [1.82, 2.24) is 9.78 Å². The molecule has 0 radical (unpaired) electrons. The molecule has 1 N–H and O–H groups in total. The van der Waals surface area contributed by atoms with E-state index in [1.807, 2.05) is 35.1 Å². The Labute approximate surface area is 123 Å². The van der Waals surface area contributed by atoms with Crippen LogP contribution in [0.4, 0.5) is 10.1 Å². The van der Waals surface area contributed by atoms with Crippen molar-refractivity contribution in [2.75, 3.05) is 5.32 Å². The second-order valence-electron chi connectivity index (χ2n) is 4.93. The van der Waals surface area contributed by atoms with E-state index in [1.165, 1.54) is 6.07 Å². The molecule has 106 valence electrons. The molecule has 1 aromatic heterocycles. The Bertz CT molecular complexity index is 718. The van der Waals surface area contributed by atoms with Gasteiger partial charge in [0, 0.05) is 24.6 Å². The van der Waals surface area contributed by atoms with E-state index in [2.05, 4.69) is 22.5 Å². The summed E-state index contributed by atoms with van der Waals surface area (Å²) in [5, 5.41) is 7.49. The highest BCUT2D eigenvalue weighted by atomic mass is 19.1. The number of aryl methyl sites for hydroxylation is 1. The largest absolute Gasteiger partial charge is 0.381 e. The Morgan fingerprint density at radius 2 is 1.95 bits per heavy atom. The van der Waals surface area contributed by atoms with Gasteiger partial charge in [-0.3, -0.25) is 0 Å². The topological polar surface area (TPSA) is 29.9 Å². The molecule has 0 fully saturated rings. The van der Waals surface area contributed by atoms with E-state index in [1.54, 1.807) is 19.2 Å². The third-order valence-corrected chi connectivity index (χ3v) is 3.36. The zero-order chi connectivity index (χ0) is 14.7. The fourth-order valence-electron chi connectivity index (χ4n) is 2.15. The number of hydrogen-bond acceptors (Lipinski definition) is 2. The van der Waals surface area contributed by atoms with Crippen molar-refractivity contribution >= 4 is 5.69 Å². The first-order chi connectivity index (χ1) is 10.2. The summed E-state index contributed by atoms with van der Waals surface area (Å²) in [5.74, 6) is -0.177. The molecule has 0 aliphatic heterocycles. The third-order valence-electron chi connectivity index (χ3n) is 3.36. The van der Waals surface area contributed by atoms with E-state index in [0.717, 1.165) is 16.9 Å². The quantitative estimate of drug-likeness (QED) is 0.785. The van der Waals surface area contributed by atoms with Crippen LogP contribution in [-0.2, 0) is 6.54 Å². The van der Waals surface area contributed by atoms with E-state index < -0.39 is 0 Å². The molecule has 0 aliphatic rings. The van der Waals surface area contributed by atoms with E-state index >= 15 is 0 Å². The summed E-state index contributed by atoms with van der Waals surface area (Å²) >= 11 is 0. The summed E-state index contributed by atoms with van der Waals surface area (Å²) in [6.45, 7) is 2.46. The standard InChI is InChI=1S/C17H16FN3/c1-13-11-15(5-8-17(13)18)19-12-14-3-6-16(7-4-14)21-10-2-9-20-21/h2-11,19H,12H2,1H3. The molecule has 2 aromatic carbocycles. The van der Waals surface area contributed by atoms with Crippen molar-refractivity contribution < 1.29 is 4.39 Å². The number of aromatic nitrogens is 2. The molecular weight excluding hydrogens is 265 g/mol. The van der Waals surface area contributed by atoms with Crippen LogP contribution in [-0.4, -0.2) is 9.78 Å². The number of benzene rings is 2. The van der Waals surface area contributed by atoms with Crippen LogP contribution in [0.1, 0.15) is 11.1 Å². The fourth-order valence-corrected chi connectivity index (χ4v) is 2.15. The maximum absolute atomic E-state index is 13.2. The molecule has 0 bridgehead atoms. The van der Waals surface area contributed by atoms with Crippen LogP contribution in [0.25, 0.3) is 5.69 Å². The minimum atomic E-state index is -0.177. The monoisotopic (exact) mass is 281 g/mol. The van der Waals surface area contributed by atoms with Gasteiger partial charge in [-0.1, -0.05) is 12.1 Å². The lowest BCUT2D eigenvalue weighted by atomic mass is 10.2. The predicted octanol–water partition coefficient (Wildman–Crippen LogP) is 3.93. The van der Waals surface area contributed by atoms with Gasteiger partial charge in [-0.2, -0.15) is 5.10 Å². The summed E-state index contributed by atoms with van der Waals surface area (Å²) in [5.41, 5.74) is 3.76. The molecule has 0 amide bonds. The molecule has 0 saturated heterocycles. The normalized spacial score (nSPS) is 10.6. The van der Waals surface area contributed by atoms with Crippen molar-refractivity contribution in [2.45, 2.75) is 13.5 Å². The van der Waals surface area contributed by atoms with Gasteiger partial charge in [0.2, 0.25) is 0 Å². The Morgan fingerprint density at radius 1 is 1.14 bits per heavy atom. The molecule has 0 aliphatic carbocycles. The minimum absolute atomic E-state index is 0.177. The smallest absolute Gasteiger partial charge is 0.126 e. The molecule has 0 atom stereocenters. The predicted molar refractivity (Wildman–Crippen MR) is 82.0 cm³/mol. The van der Waals surface area contributed by atoms with E-state index in [-0.39, 0.29) is 5.82 Å². The molecule has 0 saturated carbocycles. The number of hydrogen-bond donors (Lipinski definition) is 1. The average molecular weight is 281 g/mol. The van der Waals surface area contributed by atoms with Gasteiger partial charge in [-0.05, 0) is 54.4 Å². The minimum Gasteiger partial charge on any atom is -0.381 e. The van der Waals surface area contributed by atoms with Crippen molar-refractivity contribution in [2.24, 2.45) is 0 Å². The van der Waals surface area contributed by atoms with Crippen LogP contribution in [0.2, 0.25) is 0 Å². The van der Waals surface area contributed by atoms with E-state index in [0.29, 0.717) is 12.1 Å². The summed E-state index contributed by atoms with van der Waals surface area (Å²) in [4.78, 5) is 0. The highest BCUT2D eigenvalue weighted by Gasteiger charge is 2.00. The van der Waals surface area contributed by atoms with Crippen LogP contribution in [0.3, 0.4) is 0 Å². The maximum Gasteiger partial charge on any atom is 0.126 e. The Morgan fingerprint density at radius 3 is 2.62 bits per heavy atom. The van der Waals surface area contributed by atoms with Gasteiger partial charge in [0.25, 0.3) is 0 Å².